The number of hydrogen-bond donors (Lipinski definition) is 0. The van der Waals surface area contributed by atoms with Crippen molar-refractivity contribution < 1.29 is 14.3 Å². The second kappa shape index (κ2) is 4.73. The first-order chi connectivity index (χ1) is 7.10. The molecule has 1 aromatic rings. The molecule has 0 heterocycles. The van der Waals surface area contributed by atoms with Crippen LogP contribution >= 0.6 is 0 Å². The summed E-state index contributed by atoms with van der Waals surface area (Å²) in [6.07, 6.45) is 0.755. The van der Waals surface area contributed by atoms with Crippen LogP contribution in [0, 0.1) is 13.8 Å². The minimum absolute atomic E-state index is 0.336. The molecular formula is C12H14O3. The van der Waals surface area contributed by atoms with Gasteiger partial charge in [0.05, 0.1) is 12.2 Å². The highest BCUT2D eigenvalue weighted by molar-refractivity contribution is 5.94. The van der Waals surface area contributed by atoms with Gasteiger partial charge in [-0.15, -0.1) is 0 Å². The van der Waals surface area contributed by atoms with Gasteiger partial charge in [0.15, 0.2) is 0 Å². The molecule has 0 aromatic heterocycles. The van der Waals surface area contributed by atoms with E-state index < -0.39 is 0 Å². The van der Waals surface area contributed by atoms with Crippen LogP contribution in [-0.4, -0.2) is 18.9 Å². The van der Waals surface area contributed by atoms with Crippen molar-refractivity contribution in [2.75, 3.05) is 6.61 Å². The summed E-state index contributed by atoms with van der Waals surface area (Å²) in [6, 6.07) is 3.49. The molecule has 0 aliphatic heterocycles. The lowest BCUT2D eigenvalue weighted by Crippen LogP contribution is -2.08. The van der Waals surface area contributed by atoms with Crippen molar-refractivity contribution >= 4 is 12.3 Å². The van der Waals surface area contributed by atoms with Gasteiger partial charge in [-0.2, -0.15) is 0 Å². The van der Waals surface area contributed by atoms with Gasteiger partial charge in [0.25, 0.3) is 0 Å². The molecule has 15 heavy (non-hydrogen) atoms. The van der Waals surface area contributed by atoms with E-state index in [0.717, 1.165) is 11.8 Å². The third kappa shape index (κ3) is 2.43. The summed E-state index contributed by atoms with van der Waals surface area (Å²) in [6.45, 7) is 5.68. The Hall–Kier alpha value is -1.64. The number of ether oxygens (including phenoxy) is 1. The fraction of sp³-hybridized carbons (Fsp3) is 0.333. The van der Waals surface area contributed by atoms with Gasteiger partial charge in [-0.05, 0) is 44.0 Å². The van der Waals surface area contributed by atoms with Crippen LogP contribution in [0.3, 0.4) is 0 Å². The predicted octanol–water partition coefficient (Wildman–Crippen LogP) is 2.29. The van der Waals surface area contributed by atoms with E-state index in [4.69, 9.17) is 4.74 Å². The van der Waals surface area contributed by atoms with Crippen molar-refractivity contribution in [3.05, 3.63) is 34.4 Å². The zero-order chi connectivity index (χ0) is 11.4. The molecule has 0 bridgehead atoms. The number of aldehydes is 1. The van der Waals surface area contributed by atoms with Crippen LogP contribution in [0.5, 0.6) is 0 Å². The molecule has 0 spiro atoms. The third-order valence-corrected chi connectivity index (χ3v) is 2.21. The van der Waals surface area contributed by atoms with Crippen molar-refractivity contribution in [3.63, 3.8) is 0 Å². The Morgan fingerprint density at radius 3 is 2.60 bits per heavy atom. The summed E-state index contributed by atoms with van der Waals surface area (Å²) in [7, 11) is 0. The van der Waals surface area contributed by atoms with E-state index in [0.29, 0.717) is 23.3 Å². The second-order valence-corrected chi connectivity index (χ2v) is 3.37. The Bertz CT molecular complexity index is 394. The molecule has 0 unspecified atom stereocenters. The minimum atomic E-state index is -0.373. The van der Waals surface area contributed by atoms with Crippen LogP contribution in [0.4, 0.5) is 0 Å². The summed E-state index contributed by atoms with van der Waals surface area (Å²) >= 11 is 0. The van der Waals surface area contributed by atoms with Crippen LogP contribution in [0.15, 0.2) is 12.1 Å². The maximum absolute atomic E-state index is 11.5. The molecular weight excluding hydrogens is 192 g/mol. The first-order valence-electron chi connectivity index (χ1n) is 4.83. The monoisotopic (exact) mass is 206 g/mol. The van der Waals surface area contributed by atoms with E-state index in [1.54, 1.807) is 26.0 Å². The van der Waals surface area contributed by atoms with Gasteiger partial charge in [0.2, 0.25) is 0 Å². The van der Waals surface area contributed by atoms with E-state index in [1.165, 1.54) is 0 Å². The summed E-state index contributed by atoms with van der Waals surface area (Å²) in [5.74, 6) is -0.373. The Balaban J connectivity index is 3.22. The number of benzene rings is 1. The van der Waals surface area contributed by atoms with Crippen LogP contribution in [-0.2, 0) is 4.74 Å². The highest BCUT2D eigenvalue weighted by Crippen LogP contribution is 2.16. The van der Waals surface area contributed by atoms with Gasteiger partial charge in [0, 0.05) is 5.56 Å². The van der Waals surface area contributed by atoms with Gasteiger partial charge >= 0.3 is 5.97 Å². The fourth-order valence-electron chi connectivity index (χ4n) is 1.43. The Morgan fingerprint density at radius 2 is 2.07 bits per heavy atom. The molecule has 0 fully saturated rings. The van der Waals surface area contributed by atoms with Gasteiger partial charge in [-0.3, -0.25) is 4.79 Å². The lowest BCUT2D eigenvalue weighted by molar-refractivity contribution is 0.0525. The number of rotatable bonds is 3. The maximum atomic E-state index is 11.5. The van der Waals surface area contributed by atoms with Crippen LogP contribution in [0.1, 0.15) is 38.8 Å². The fourth-order valence-corrected chi connectivity index (χ4v) is 1.43. The molecule has 1 aromatic carbocycles. The first kappa shape index (κ1) is 11.4. The minimum Gasteiger partial charge on any atom is -0.462 e. The number of hydrogen-bond acceptors (Lipinski definition) is 3. The number of aryl methyl sites for hydroxylation is 1. The van der Waals surface area contributed by atoms with E-state index in [1.807, 2.05) is 6.92 Å². The van der Waals surface area contributed by atoms with Gasteiger partial charge in [-0.25, -0.2) is 4.79 Å². The molecule has 3 heteroatoms. The molecule has 0 saturated carbocycles. The van der Waals surface area contributed by atoms with E-state index in [2.05, 4.69) is 0 Å². The van der Waals surface area contributed by atoms with Gasteiger partial charge in [0.1, 0.15) is 6.29 Å². The second-order valence-electron chi connectivity index (χ2n) is 3.37. The molecule has 80 valence electrons. The van der Waals surface area contributed by atoms with Crippen molar-refractivity contribution in [1.29, 1.82) is 0 Å². The standard InChI is InChI=1S/C12H14O3/c1-4-15-12(14)11-6-8(2)5-10(7-13)9(11)3/h5-7H,4H2,1-3H3. The largest absolute Gasteiger partial charge is 0.462 e. The quantitative estimate of drug-likeness (QED) is 0.563. The molecule has 0 atom stereocenters. The Morgan fingerprint density at radius 1 is 1.40 bits per heavy atom. The molecule has 0 aliphatic rings. The van der Waals surface area contributed by atoms with Crippen molar-refractivity contribution in [2.24, 2.45) is 0 Å². The SMILES string of the molecule is CCOC(=O)c1cc(C)cc(C=O)c1C. The lowest BCUT2D eigenvalue weighted by Gasteiger charge is -2.08. The van der Waals surface area contributed by atoms with Crippen LogP contribution < -0.4 is 0 Å². The van der Waals surface area contributed by atoms with E-state index in [-0.39, 0.29) is 5.97 Å². The topological polar surface area (TPSA) is 43.4 Å². The predicted molar refractivity (Wildman–Crippen MR) is 57.3 cm³/mol. The summed E-state index contributed by atoms with van der Waals surface area (Å²) in [5, 5.41) is 0. The molecule has 0 amide bonds. The molecule has 0 radical (unpaired) electrons. The van der Waals surface area contributed by atoms with Crippen molar-refractivity contribution in [1.82, 2.24) is 0 Å². The summed E-state index contributed by atoms with van der Waals surface area (Å²) < 4.78 is 4.91. The van der Waals surface area contributed by atoms with Crippen molar-refractivity contribution in [3.8, 4) is 0 Å². The van der Waals surface area contributed by atoms with Crippen LogP contribution in [0.2, 0.25) is 0 Å². The summed E-state index contributed by atoms with van der Waals surface area (Å²) in [5.41, 5.74) is 2.57. The molecule has 1 rings (SSSR count). The third-order valence-electron chi connectivity index (χ3n) is 2.21. The Labute approximate surface area is 89.1 Å². The normalized spacial score (nSPS) is 9.80. The summed E-state index contributed by atoms with van der Waals surface area (Å²) in [4.78, 5) is 22.3. The number of esters is 1. The van der Waals surface area contributed by atoms with Crippen LogP contribution in [0.25, 0.3) is 0 Å². The molecule has 0 saturated heterocycles. The molecule has 0 aliphatic carbocycles. The average Bonchev–Trinajstić information content (AvgIpc) is 2.21. The maximum Gasteiger partial charge on any atom is 0.338 e. The lowest BCUT2D eigenvalue weighted by atomic mass is 10.00. The highest BCUT2D eigenvalue weighted by Gasteiger charge is 2.13. The highest BCUT2D eigenvalue weighted by atomic mass is 16.5. The van der Waals surface area contributed by atoms with E-state index >= 15 is 0 Å². The Kier molecular flexibility index (Phi) is 3.61. The molecule has 3 nitrogen and oxygen atoms in total. The number of carbonyl (C=O) groups excluding carboxylic acids is 2. The zero-order valence-electron chi connectivity index (χ0n) is 9.16. The zero-order valence-corrected chi connectivity index (χ0v) is 9.16. The van der Waals surface area contributed by atoms with Gasteiger partial charge in [-0.1, -0.05) is 0 Å². The van der Waals surface area contributed by atoms with Gasteiger partial charge < -0.3 is 4.74 Å². The van der Waals surface area contributed by atoms with Crippen molar-refractivity contribution in [2.45, 2.75) is 20.8 Å². The molecule has 0 N–H and O–H groups in total. The smallest absolute Gasteiger partial charge is 0.338 e. The first-order valence-corrected chi connectivity index (χ1v) is 4.83. The number of carbonyl (C=O) groups is 2. The van der Waals surface area contributed by atoms with E-state index in [9.17, 15) is 9.59 Å². The average molecular weight is 206 g/mol.